The molecular formula is C9H13N7S. The third kappa shape index (κ3) is 2.80. The molecule has 7 nitrogen and oxygen atoms in total. The van der Waals surface area contributed by atoms with Crippen LogP contribution in [0, 0.1) is 0 Å². The van der Waals surface area contributed by atoms with Crippen LogP contribution in [0.1, 0.15) is 0 Å². The molecule has 17 heavy (non-hydrogen) atoms. The first-order valence-electron chi connectivity index (χ1n) is 4.88. The smallest absolute Gasteiger partial charge is 0.188 e. The van der Waals surface area contributed by atoms with Crippen LogP contribution in [0.3, 0.4) is 0 Å². The lowest BCUT2D eigenvalue weighted by atomic mass is 10.4. The quantitative estimate of drug-likeness (QED) is 0.702. The van der Waals surface area contributed by atoms with Crippen molar-refractivity contribution in [2.75, 3.05) is 30.6 Å². The van der Waals surface area contributed by atoms with E-state index in [1.807, 2.05) is 19.5 Å². The van der Waals surface area contributed by atoms with Crippen LogP contribution in [-0.2, 0) is 0 Å². The minimum Gasteiger partial charge on any atom is -0.393 e. The summed E-state index contributed by atoms with van der Waals surface area (Å²) in [6, 6.07) is 0. The third-order valence-electron chi connectivity index (χ3n) is 1.87. The van der Waals surface area contributed by atoms with Crippen molar-refractivity contribution in [2.24, 2.45) is 0 Å². The van der Waals surface area contributed by atoms with Gasteiger partial charge in [0.2, 0.25) is 0 Å². The minimum atomic E-state index is 0.455. The Morgan fingerprint density at radius 3 is 2.65 bits per heavy atom. The molecule has 0 radical (unpaired) electrons. The molecule has 90 valence electrons. The zero-order chi connectivity index (χ0) is 12.3. The van der Waals surface area contributed by atoms with E-state index in [9.17, 15) is 0 Å². The molecule has 0 amide bonds. The number of thiazole rings is 1. The second-order valence-electron chi connectivity index (χ2n) is 3.45. The average Bonchev–Trinajstić information content (AvgIpc) is 2.76. The molecule has 8 heteroatoms. The molecule has 4 N–H and O–H groups in total. The number of nitrogen functional groups attached to an aromatic ring is 1. The van der Waals surface area contributed by atoms with Gasteiger partial charge in [-0.15, -0.1) is 11.3 Å². The Kier molecular flexibility index (Phi) is 3.35. The summed E-state index contributed by atoms with van der Waals surface area (Å²) in [5, 5.41) is 7.41. The Balaban J connectivity index is 2.23. The zero-order valence-corrected chi connectivity index (χ0v) is 10.3. The lowest BCUT2D eigenvalue weighted by Crippen LogP contribution is -2.21. The van der Waals surface area contributed by atoms with Gasteiger partial charge in [-0.1, -0.05) is 0 Å². The first-order valence-corrected chi connectivity index (χ1v) is 5.75. The highest BCUT2D eigenvalue weighted by atomic mass is 32.1. The van der Waals surface area contributed by atoms with Gasteiger partial charge in [-0.25, -0.2) is 20.0 Å². The van der Waals surface area contributed by atoms with Gasteiger partial charge in [0.15, 0.2) is 16.8 Å². The van der Waals surface area contributed by atoms with Crippen LogP contribution in [0.4, 0.5) is 22.5 Å². The number of hydrogen-bond donors (Lipinski definition) is 3. The van der Waals surface area contributed by atoms with Gasteiger partial charge in [0.25, 0.3) is 0 Å². The second-order valence-corrected chi connectivity index (χ2v) is 4.35. The fourth-order valence-electron chi connectivity index (χ4n) is 1.18. The SMILES string of the molecule is CN(C)Nc1ncnc(Nc2nccs2)c1N. The van der Waals surface area contributed by atoms with Gasteiger partial charge in [-0.3, -0.25) is 0 Å². The lowest BCUT2D eigenvalue weighted by molar-refractivity contribution is 0.492. The fourth-order valence-corrected chi connectivity index (χ4v) is 1.71. The molecule has 2 rings (SSSR count). The van der Waals surface area contributed by atoms with Gasteiger partial charge in [0.05, 0.1) is 0 Å². The summed E-state index contributed by atoms with van der Waals surface area (Å²) in [5.74, 6) is 1.10. The summed E-state index contributed by atoms with van der Waals surface area (Å²) in [7, 11) is 3.71. The molecule has 2 heterocycles. The standard InChI is InChI=1S/C9H13N7S/c1-16(2)15-8-6(10)7(12-5-13-8)14-9-11-3-4-17-9/h3-5H,10H2,1-2H3,(H2,11,12,13,14,15). The van der Waals surface area contributed by atoms with Crippen LogP contribution in [0.5, 0.6) is 0 Å². The van der Waals surface area contributed by atoms with Gasteiger partial charge in [-0.05, 0) is 0 Å². The first-order chi connectivity index (χ1) is 8.16. The number of aromatic nitrogens is 3. The Hall–Kier alpha value is -1.93. The van der Waals surface area contributed by atoms with E-state index in [-0.39, 0.29) is 0 Å². The van der Waals surface area contributed by atoms with Crippen molar-refractivity contribution in [2.45, 2.75) is 0 Å². The Labute approximate surface area is 103 Å². The van der Waals surface area contributed by atoms with Crippen LogP contribution in [0.25, 0.3) is 0 Å². The molecule has 0 bridgehead atoms. The van der Waals surface area contributed by atoms with E-state index in [0.29, 0.717) is 17.3 Å². The van der Waals surface area contributed by atoms with Crippen molar-refractivity contribution in [3.63, 3.8) is 0 Å². The molecule has 0 unspecified atom stereocenters. The largest absolute Gasteiger partial charge is 0.393 e. The van der Waals surface area contributed by atoms with Crippen LogP contribution in [-0.4, -0.2) is 34.1 Å². The van der Waals surface area contributed by atoms with Gasteiger partial charge in [-0.2, -0.15) is 0 Å². The van der Waals surface area contributed by atoms with Crippen LogP contribution < -0.4 is 16.5 Å². The van der Waals surface area contributed by atoms with Gasteiger partial charge < -0.3 is 16.5 Å². The maximum atomic E-state index is 5.95. The summed E-state index contributed by atoms with van der Waals surface area (Å²) in [5.41, 5.74) is 9.40. The zero-order valence-electron chi connectivity index (χ0n) is 9.51. The van der Waals surface area contributed by atoms with Crippen LogP contribution >= 0.6 is 11.3 Å². The van der Waals surface area contributed by atoms with Crippen molar-refractivity contribution in [1.82, 2.24) is 20.0 Å². The number of nitrogens with zero attached hydrogens (tertiary/aromatic N) is 4. The molecule has 0 aliphatic rings. The molecule has 2 aromatic rings. The normalized spacial score (nSPS) is 10.5. The molecule has 0 spiro atoms. The van der Waals surface area contributed by atoms with Crippen molar-refractivity contribution in [1.29, 1.82) is 0 Å². The number of nitrogens with one attached hydrogen (secondary N) is 2. The molecule has 0 aliphatic heterocycles. The molecular weight excluding hydrogens is 238 g/mol. The second kappa shape index (κ2) is 4.93. The van der Waals surface area contributed by atoms with Crippen molar-refractivity contribution in [3.8, 4) is 0 Å². The molecule has 0 fully saturated rings. The van der Waals surface area contributed by atoms with E-state index < -0.39 is 0 Å². The molecule has 2 aromatic heterocycles. The molecule has 0 saturated carbocycles. The highest BCUT2D eigenvalue weighted by molar-refractivity contribution is 7.13. The highest BCUT2D eigenvalue weighted by Gasteiger charge is 2.09. The van der Waals surface area contributed by atoms with Crippen molar-refractivity contribution >= 4 is 33.8 Å². The van der Waals surface area contributed by atoms with Gasteiger partial charge >= 0.3 is 0 Å². The summed E-state index contributed by atoms with van der Waals surface area (Å²) in [6.45, 7) is 0. The highest BCUT2D eigenvalue weighted by Crippen LogP contribution is 2.26. The maximum Gasteiger partial charge on any atom is 0.188 e. The van der Waals surface area contributed by atoms with E-state index in [0.717, 1.165) is 5.13 Å². The van der Waals surface area contributed by atoms with Crippen molar-refractivity contribution in [3.05, 3.63) is 17.9 Å². The maximum absolute atomic E-state index is 5.95. The number of nitrogens with two attached hydrogens (primary N) is 1. The summed E-state index contributed by atoms with van der Waals surface area (Å²) in [4.78, 5) is 12.2. The summed E-state index contributed by atoms with van der Waals surface area (Å²) in [6.07, 6.45) is 3.15. The van der Waals surface area contributed by atoms with E-state index >= 15 is 0 Å². The topological polar surface area (TPSA) is 92.0 Å². The number of hydrogen-bond acceptors (Lipinski definition) is 8. The molecule has 0 atom stereocenters. The van der Waals surface area contributed by atoms with Gasteiger partial charge in [0.1, 0.15) is 12.0 Å². The Bertz CT molecular complexity index is 482. The predicted molar refractivity (Wildman–Crippen MR) is 69.2 cm³/mol. The Morgan fingerprint density at radius 1 is 1.24 bits per heavy atom. The molecule has 0 aliphatic carbocycles. The van der Waals surface area contributed by atoms with E-state index in [1.165, 1.54) is 17.7 Å². The minimum absolute atomic E-state index is 0.455. The van der Waals surface area contributed by atoms with Crippen LogP contribution in [0.15, 0.2) is 17.9 Å². The molecule has 0 aromatic carbocycles. The predicted octanol–water partition coefficient (Wildman–Crippen LogP) is 1.15. The summed E-state index contributed by atoms with van der Waals surface area (Å²) < 4.78 is 0. The number of anilines is 4. The number of rotatable bonds is 4. The van der Waals surface area contributed by atoms with E-state index in [4.69, 9.17) is 5.73 Å². The summed E-state index contributed by atoms with van der Waals surface area (Å²) >= 11 is 1.48. The van der Waals surface area contributed by atoms with Crippen molar-refractivity contribution < 1.29 is 0 Å². The van der Waals surface area contributed by atoms with E-state index in [2.05, 4.69) is 25.7 Å². The average molecular weight is 251 g/mol. The van der Waals surface area contributed by atoms with Crippen LogP contribution in [0.2, 0.25) is 0 Å². The lowest BCUT2D eigenvalue weighted by Gasteiger charge is -2.15. The monoisotopic (exact) mass is 251 g/mol. The first kappa shape index (κ1) is 11.6. The fraction of sp³-hybridized carbons (Fsp3) is 0.222. The van der Waals surface area contributed by atoms with Gasteiger partial charge in [0, 0.05) is 25.7 Å². The molecule has 0 saturated heterocycles. The third-order valence-corrected chi connectivity index (χ3v) is 2.56. The Morgan fingerprint density at radius 2 is 2.00 bits per heavy atom. The number of hydrazine groups is 1. The van der Waals surface area contributed by atoms with E-state index in [1.54, 1.807) is 11.2 Å².